The molecule has 90 valence electrons. The summed E-state index contributed by atoms with van der Waals surface area (Å²) in [6.45, 7) is 1.81. The summed E-state index contributed by atoms with van der Waals surface area (Å²) >= 11 is 6.16. The minimum atomic E-state index is -0.672. The number of aliphatic imine (C=N–C) groups is 1. The van der Waals surface area contributed by atoms with E-state index in [0.29, 0.717) is 10.6 Å². The van der Waals surface area contributed by atoms with Crippen LogP contribution in [-0.2, 0) is 10.3 Å². The highest BCUT2D eigenvalue weighted by Gasteiger charge is 2.39. The van der Waals surface area contributed by atoms with Crippen molar-refractivity contribution in [1.29, 1.82) is 0 Å². The van der Waals surface area contributed by atoms with Crippen LogP contribution in [-0.4, -0.2) is 11.2 Å². The first-order valence-corrected chi connectivity index (χ1v) is 6.06. The smallest absolute Gasteiger partial charge is 0.235 e. The summed E-state index contributed by atoms with van der Waals surface area (Å²) in [5.74, 6) is 0.151. The zero-order valence-corrected chi connectivity index (χ0v) is 10.4. The van der Waals surface area contributed by atoms with Crippen molar-refractivity contribution in [2.24, 2.45) is 4.99 Å². The van der Waals surface area contributed by atoms with Crippen molar-refractivity contribution in [2.45, 2.75) is 38.1 Å². The number of phenols is 1. The first-order valence-electron chi connectivity index (χ1n) is 5.68. The SMILES string of the molecule is Cc1ccc(Cl)c(C2(N=C=O)CCCC2)c1O. The Kier molecular flexibility index (Phi) is 3.23. The predicted molar refractivity (Wildman–Crippen MR) is 66.1 cm³/mol. The Morgan fingerprint density at radius 3 is 2.65 bits per heavy atom. The average molecular weight is 252 g/mol. The second kappa shape index (κ2) is 4.52. The van der Waals surface area contributed by atoms with Crippen LogP contribution in [0.5, 0.6) is 5.75 Å². The van der Waals surface area contributed by atoms with Crippen molar-refractivity contribution in [1.82, 2.24) is 0 Å². The number of hydrogen-bond acceptors (Lipinski definition) is 3. The summed E-state index contributed by atoms with van der Waals surface area (Å²) in [6, 6.07) is 3.50. The van der Waals surface area contributed by atoms with Crippen molar-refractivity contribution in [3.63, 3.8) is 0 Å². The number of phenolic OH excluding ortho intramolecular Hbond substituents is 1. The second-order valence-corrected chi connectivity index (χ2v) is 4.94. The number of halogens is 1. The first kappa shape index (κ1) is 12.2. The Bertz CT molecular complexity index is 486. The monoisotopic (exact) mass is 251 g/mol. The molecule has 1 aromatic rings. The highest BCUT2D eigenvalue weighted by atomic mass is 35.5. The van der Waals surface area contributed by atoms with Crippen LogP contribution in [0, 0.1) is 6.92 Å². The van der Waals surface area contributed by atoms with Crippen molar-refractivity contribution >= 4 is 17.7 Å². The van der Waals surface area contributed by atoms with Gasteiger partial charge < -0.3 is 5.11 Å². The van der Waals surface area contributed by atoms with Crippen LogP contribution in [0.2, 0.25) is 5.02 Å². The Morgan fingerprint density at radius 2 is 2.06 bits per heavy atom. The molecule has 1 aliphatic carbocycles. The fraction of sp³-hybridized carbons (Fsp3) is 0.462. The topological polar surface area (TPSA) is 49.7 Å². The predicted octanol–water partition coefficient (Wildman–Crippen LogP) is 3.46. The van der Waals surface area contributed by atoms with E-state index in [1.165, 1.54) is 0 Å². The molecule has 1 aromatic carbocycles. The molecular formula is C13H14ClNO2. The molecule has 0 bridgehead atoms. The number of benzene rings is 1. The highest BCUT2D eigenvalue weighted by Crippen LogP contribution is 2.48. The lowest BCUT2D eigenvalue weighted by Crippen LogP contribution is -2.20. The molecule has 0 spiro atoms. The molecule has 0 unspecified atom stereocenters. The van der Waals surface area contributed by atoms with Crippen LogP contribution in [0.25, 0.3) is 0 Å². The second-order valence-electron chi connectivity index (χ2n) is 4.53. The lowest BCUT2D eigenvalue weighted by Gasteiger charge is -2.25. The summed E-state index contributed by atoms with van der Waals surface area (Å²) in [6.07, 6.45) is 5.06. The molecule has 0 saturated heterocycles. The molecule has 1 saturated carbocycles. The van der Waals surface area contributed by atoms with E-state index in [9.17, 15) is 9.90 Å². The fourth-order valence-electron chi connectivity index (χ4n) is 2.58. The van der Waals surface area contributed by atoms with Crippen molar-refractivity contribution in [3.8, 4) is 5.75 Å². The van der Waals surface area contributed by atoms with E-state index < -0.39 is 5.54 Å². The van der Waals surface area contributed by atoms with Gasteiger partial charge in [0.15, 0.2) is 0 Å². The maximum Gasteiger partial charge on any atom is 0.235 e. The molecule has 3 nitrogen and oxygen atoms in total. The number of hydrogen-bond donors (Lipinski definition) is 1. The number of isocyanates is 1. The van der Waals surface area contributed by atoms with E-state index in [0.717, 1.165) is 31.2 Å². The van der Waals surface area contributed by atoms with Gasteiger partial charge in [-0.15, -0.1) is 0 Å². The van der Waals surface area contributed by atoms with Crippen molar-refractivity contribution < 1.29 is 9.90 Å². The third-order valence-corrected chi connectivity index (χ3v) is 3.80. The number of carbonyl (C=O) groups excluding carboxylic acids is 1. The maximum absolute atomic E-state index is 10.6. The lowest BCUT2D eigenvalue weighted by atomic mass is 9.87. The molecular weight excluding hydrogens is 238 g/mol. The van der Waals surface area contributed by atoms with Gasteiger partial charge in [0.2, 0.25) is 6.08 Å². The van der Waals surface area contributed by atoms with Gasteiger partial charge in [0.1, 0.15) is 11.3 Å². The number of aromatic hydroxyl groups is 1. The van der Waals surface area contributed by atoms with Crippen LogP contribution in [0.15, 0.2) is 17.1 Å². The molecule has 0 aliphatic heterocycles. The molecule has 0 radical (unpaired) electrons. The summed E-state index contributed by atoms with van der Waals surface area (Å²) in [5.41, 5.74) is 0.659. The number of rotatable bonds is 2. The summed E-state index contributed by atoms with van der Waals surface area (Å²) in [7, 11) is 0. The van der Waals surface area contributed by atoms with Gasteiger partial charge in [0, 0.05) is 10.6 Å². The lowest BCUT2D eigenvalue weighted by molar-refractivity contribution is 0.406. The standard InChI is InChI=1S/C13H14ClNO2/c1-9-4-5-10(14)11(12(9)17)13(15-8-16)6-2-3-7-13/h4-5,17H,2-3,6-7H2,1H3. The summed E-state index contributed by atoms with van der Waals surface area (Å²) in [5, 5.41) is 10.6. The van der Waals surface area contributed by atoms with Crippen molar-refractivity contribution in [3.05, 3.63) is 28.3 Å². The van der Waals surface area contributed by atoms with E-state index in [-0.39, 0.29) is 5.75 Å². The zero-order valence-electron chi connectivity index (χ0n) is 9.66. The Labute approximate surface area is 105 Å². The molecule has 0 aromatic heterocycles. The first-order chi connectivity index (χ1) is 8.10. The average Bonchev–Trinajstić information content (AvgIpc) is 2.74. The van der Waals surface area contributed by atoms with Gasteiger partial charge >= 0.3 is 0 Å². The van der Waals surface area contributed by atoms with Gasteiger partial charge in [-0.3, -0.25) is 0 Å². The largest absolute Gasteiger partial charge is 0.507 e. The molecule has 1 aliphatic rings. The Balaban J connectivity index is 2.65. The maximum atomic E-state index is 10.6. The van der Waals surface area contributed by atoms with Crippen LogP contribution in [0.3, 0.4) is 0 Å². The van der Waals surface area contributed by atoms with E-state index in [2.05, 4.69) is 4.99 Å². The quantitative estimate of drug-likeness (QED) is 0.646. The van der Waals surface area contributed by atoms with E-state index >= 15 is 0 Å². The van der Waals surface area contributed by atoms with Gasteiger partial charge in [0.25, 0.3) is 0 Å². The minimum Gasteiger partial charge on any atom is -0.507 e. The molecule has 1 N–H and O–H groups in total. The van der Waals surface area contributed by atoms with Crippen LogP contribution in [0.1, 0.15) is 36.8 Å². The van der Waals surface area contributed by atoms with Crippen LogP contribution in [0.4, 0.5) is 0 Å². The van der Waals surface area contributed by atoms with Gasteiger partial charge in [-0.1, -0.05) is 30.5 Å². The van der Waals surface area contributed by atoms with E-state index in [1.807, 2.05) is 6.92 Å². The van der Waals surface area contributed by atoms with Gasteiger partial charge in [-0.25, -0.2) is 4.79 Å². The van der Waals surface area contributed by atoms with Crippen LogP contribution >= 0.6 is 11.6 Å². The Morgan fingerprint density at radius 1 is 1.41 bits per heavy atom. The highest BCUT2D eigenvalue weighted by molar-refractivity contribution is 6.31. The summed E-state index contributed by atoms with van der Waals surface area (Å²) < 4.78 is 0. The molecule has 4 heteroatoms. The normalized spacial score (nSPS) is 17.8. The molecule has 0 amide bonds. The van der Waals surface area contributed by atoms with Crippen LogP contribution < -0.4 is 0 Å². The van der Waals surface area contributed by atoms with E-state index in [1.54, 1.807) is 18.2 Å². The number of aryl methyl sites for hydroxylation is 1. The number of nitrogens with zero attached hydrogens (tertiary/aromatic N) is 1. The third-order valence-electron chi connectivity index (χ3n) is 3.48. The molecule has 1 fully saturated rings. The van der Waals surface area contributed by atoms with Gasteiger partial charge in [0.05, 0.1) is 0 Å². The van der Waals surface area contributed by atoms with Gasteiger partial charge in [-0.05, 0) is 31.4 Å². The summed E-state index contributed by atoms with van der Waals surface area (Å²) in [4.78, 5) is 14.6. The van der Waals surface area contributed by atoms with E-state index in [4.69, 9.17) is 11.6 Å². The third kappa shape index (κ3) is 1.97. The Hall–Kier alpha value is -1.31. The molecule has 0 atom stereocenters. The van der Waals surface area contributed by atoms with Crippen molar-refractivity contribution in [2.75, 3.05) is 0 Å². The minimum absolute atomic E-state index is 0.151. The molecule has 0 heterocycles. The molecule has 17 heavy (non-hydrogen) atoms. The fourth-order valence-corrected chi connectivity index (χ4v) is 2.91. The van der Waals surface area contributed by atoms with Gasteiger partial charge in [-0.2, -0.15) is 4.99 Å². The zero-order chi connectivity index (χ0) is 12.5. The molecule has 2 rings (SSSR count).